The highest BCUT2D eigenvalue weighted by molar-refractivity contribution is 7.92. The van der Waals surface area contributed by atoms with Gasteiger partial charge in [0.1, 0.15) is 16.5 Å². The molecular formula is C13H11F2NO2S. The Morgan fingerprint density at radius 2 is 1.63 bits per heavy atom. The fourth-order valence-electron chi connectivity index (χ4n) is 1.52. The van der Waals surface area contributed by atoms with E-state index in [1.807, 2.05) is 6.92 Å². The Morgan fingerprint density at radius 1 is 1.00 bits per heavy atom. The lowest BCUT2D eigenvalue weighted by Gasteiger charge is -2.09. The summed E-state index contributed by atoms with van der Waals surface area (Å²) in [5.74, 6) is -1.95. The maximum absolute atomic E-state index is 13.5. The molecule has 0 heterocycles. The average Bonchev–Trinajstić information content (AvgIpc) is 2.31. The Kier molecular flexibility index (Phi) is 3.53. The molecule has 0 amide bonds. The summed E-state index contributed by atoms with van der Waals surface area (Å²) in [6, 6.07) is 8.89. The number of hydrogen-bond donors (Lipinski definition) is 1. The van der Waals surface area contributed by atoms with Crippen molar-refractivity contribution >= 4 is 15.7 Å². The van der Waals surface area contributed by atoms with Crippen LogP contribution >= 0.6 is 0 Å². The summed E-state index contributed by atoms with van der Waals surface area (Å²) in [7, 11) is -4.07. The third kappa shape index (κ3) is 3.08. The molecule has 0 radical (unpaired) electrons. The fourth-order valence-corrected chi connectivity index (χ4v) is 2.64. The van der Waals surface area contributed by atoms with E-state index in [1.54, 1.807) is 24.3 Å². The van der Waals surface area contributed by atoms with Gasteiger partial charge >= 0.3 is 0 Å². The van der Waals surface area contributed by atoms with E-state index in [0.717, 1.165) is 17.7 Å². The average molecular weight is 283 g/mol. The smallest absolute Gasteiger partial charge is 0.264 e. The van der Waals surface area contributed by atoms with Crippen LogP contribution in [-0.2, 0) is 10.0 Å². The molecule has 6 heteroatoms. The molecule has 0 atom stereocenters. The number of benzene rings is 2. The van der Waals surface area contributed by atoms with E-state index in [0.29, 0.717) is 11.8 Å². The maximum Gasteiger partial charge on any atom is 0.264 e. The molecule has 0 unspecified atom stereocenters. The zero-order valence-electron chi connectivity index (χ0n) is 10.0. The van der Waals surface area contributed by atoms with Gasteiger partial charge in [0, 0.05) is 11.8 Å². The Balaban J connectivity index is 2.35. The first kappa shape index (κ1) is 13.5. The Morgan fingerprint density at radius 3 is 2.21 bits per heavy atom. The summed E-state index contributed by atoms with van der Waals surface area (Å²) < 4.78 is 52.3. The van der Waals surface area contributed by atoms with E-state index >= 15 is 0 Å². The second kappa shape index (κ2) is 4.97. The van der Waals surface area contributed by atoms with E-state index in [-0.39, 0.29) is 0 Å². The molecular weight excluding hydrogens is 272 g/mol. The third-order valence-corrected chi connectivity index (χ3v) is 3.90. The molecule has 2 aromatic rings. The minimum Gasteiger partial charge on any atom is -0.280 e. The molecule has 100 valence electrons. The Bertz CT molecular complexity index is 697. The van der Waals surface area contributed by atoms with Crippen molar-refractivity contribution in [3.63, 3.8) is 0 Å². The van der Waals surface area contributed by atoms with Gasteiger partial charge in [-0.05, 0) is 31.2 Å². The number of aryl methyl sites for hydroxylation is 1. The van der Waals surface area contributed by atoms with Crippen LogP contribution in [0.25, 0.3) is 0 Å². The van der Waals surface area contributed by atoms with Crippen molar-refractivity contribution < 1.29 is 17.2 Å². The topological polar surface area (TPSA) is 46.2 Å². The summed E-state index contributed by atoms with van der Waals surface area (Å²) in [6.07, 6.45) is 0. The molecule has 0 fully saturated rings. The van der Waals surface area contributed by atoms with E-state index in [2.05, 4.69) is 4.72 Å². The molecule has 0 saturated carbocycles. The minimum absolute atomic E-state index is 0.314. The van der Waals surface area contributed by atoms with Gasteiger partial charge in [-0.25, -0.2) is 17.2 Å². The van der Waals surface area contributed by atoms with Crippen LogP contribution in [0.4, 0.5) is 14.5 Å². The van der Waals surface area contributed by atoms with Gasteiger partial charge in [0.15, 0.2) is 0 Å². The van der Waals surface area contributed by atoms with Gasteiger partial charge in [-0.15, -0.1) is 0 Å². The number of halogens is 2. The molecule has 3 nitrogen and oxygen atoms in total. The van der Waals surface area contributed by atoms with Crippen LogP contribution < -0.4 is 4.72 Å². The molecule has 0 spiro atoms. The van der Waals surface area contributed by atoms with Gasteiger partial charge in [-0.2, -0.15) is 0 Å². The lowest BCUT2D eigenvalue weighted by molar-refractivity contribution is 0.551. The molecule has 0 aliphatic carbocycles. The van der Waals surface area contributed by atoms with Crippen molar-refractivity contribution in [3.05, 3.63) is 59.7 Å². The summed E-state index contributed by atoms with van der Waals surface area (Å²) >= 11 is 0. The lowest BCUT2D eigenvalue weighted by Crippen LogP contribution is -2.14. The predicted octanol–water partition coefficient (Wildman–Crippen LogP) is 3.07. The minimum atomic E-state index is -4.07. The number of anilines is 1. The number of sulfonamides is 1. The first-order chi connectivity index (χ1) is 8.88. The largest absolute Gasteiger partial charge is 0.280 e. The standard InChI is InChI=1S/C13H11F2NO2S/c1-9-2-5-11(6-3-9)16-19(17,18)13-7-4-10(14)8-12(13)15/h2-8,16H,1H3. The van der Waals surface area contributed by atoms with Gasteiger partial charge < -0.3 is 0 Å². The van der Waals surface area contributed by atoms with Gasteiger partial charge in [0.05, 0.1) is 0 Å². The first-order valence-electron chi connectivity index (χ1n) is 5.43. The van der Waals surface area contributed by atoms with Crippen LogP contribution in [0.1, 0.15) is 5.56 Å². The van der Waals surface area contributed by atoms with E-state index < -0.39 is 26.6 Å². The van der Waals surface area contributed by atoms with Crippen molar-refractivity contribution in [1.82, 2.24) is 0 Å². The molecule has 1 N–H and O–H groups in total. The molecule has 2 aromatic carbocycles. The highest BCUT2D eigenvalue weighted by Gasteiger charge is 2.19. The highest BCUT2D eigenvalue weighted by Crippen LogP contribution is 2.19. The van der Waals surface area contributed by atoms with Crippen LogP contribution in [0.15, 0.2) is 47.4 Å². The normalized spacial score (nSPS) is 11.3. The SMILES string of the molecule is Cc1ccc(NS(=O)(=O)c2ccc(F)cc2F)cc1. The van der Waals surface area contributed by atoms with Crippen molar-refractivity contribution in [2.24, 2.45) is 0 Å². The second-order valence-electron chi connectivity index (χ2n) is 4.05. The molecule has 0 aliphatic heterocycles. The van der Waals surface area contributed by atoms with Gasteiger partial charge in [-0.3, -0.25) is 4.72 Å². The quantitative estimate of drug-likeness (QED) is 0.941. The Hall–Kier alpha value is -1.95. The van der Waals surface area contributed by atoms with E-state index in [4.69, 9.17) is 0 Å². The Labute approximate surface area is 109 Å². The second-order valence-corrected chi connectivity index (χ2v) is 5.70. The summed E-state index contributed by atoms with van der Waals surface area (Å²) in [5.41, 5.74) is 1.28. The predicted molar refractivity (Wildman–Crippen MR) is 68.3 cm³/mol. The summed E-state index contributed by atoms with van der Waals surface area (Å²) in [5, 5.41) is 0. The molecule has 2 rings (SSSR count). The summed E-state index contributed by atoms with van der Waals surface area (Å²) in [6.45, 7) is 1.86. The fraction of sp³-hybridized carbons (Fsp3) is 0.0769. The van der Waals surface area contributed by atoms with Crippen molar-refractivity contribution in [3.8, 4) is 0 Å². The highest BCUT2D eigenvalue weighted by atomic mass is 32.2. The van der Waals surface area contributed by atoms with Gasteiger partial charge in [-0.1, -0.05) is 17.7 Å². The van der Waals surface area contributed by atoms with Crippen LogP contribution in [0.3, 0.4) is 0 Å². The number of rotatable bonds is 3. The van der Waals surface area contributed by atoms with Crippen molar-refractivity contribution in [1.29, 1.82) is 0 Å². The van der Waals surface area contributed by atoms with E-state index in [1.165, 1.54) is 0 Å². The van der Waals surface area contributed by atoms with Crippen molar-refractivity contribution in [2.75, 3.05) is 4.72 Å². The molecule has 0 saturated heterocycles. The van der Waals surface area contributed by atoms with Gasteiger partial charge in [0.25, 0.3) is 10.0 Å². The maximum atomic E-state index is 13.5. The lowest BCUT2D eigenvalue weighted by atomic mass is 10.2. The zero-order valence-corrected chi connectivity index (χ0v) is 10.8. The molecule has 0 aliphatic rings. The van der Waals surface area contributed by atoms with Gasteiger partial charge in [0.2, 0.25) is 0 Å². The monoisotopic (exact) mass is 283 g/mol. The molecule has 0 bridgehead atoms. The molecule has 19 heavy (non-hydrogen) atoms. The first-order valence-corrected chi connectivity index (χ1v) is 6.91. The van der Waals surface area contributed by atoms with Crippen LogP contribution in [-0.4, -0.2) is 8.42 Å². The third-order valence-electron chi connectivity index (χ3n) is 2.49. The molecule has 0 aromatic heterocycles. The summed E-state index contributed by atoms with van der Waals surface area (Å²) in [4.78, 5) is -0.588. The zero-order chi connectivity index (χ0) is 14.0. The number of hydrogen-bond acceptors (Lipinski definition) is 2. The number of nitrogens with one attached hydrogen (secondary N) is 1. The van der Waals surface area contributed by atoms with Crippen molar-refractivity contribution in [2.45, 2.75) is 11.8 Å². The van der Waals surface area contributed by atoms with Crippen LogP contribution in [0.5, 0.6) is 0 Å². The van der Waals surface area contributed by atoms with E-state index in [9.17, 15) is 17.2 Å². The van der Waals surface area contributed by atoms with Crippen LogP contribution in [0.2, 0.25) is 0 Å². The van der Waals surface area contributed by atoms with Crippen LogP contribution in [0, 0.1) is 18.6 Å².